The molecule has 388 valence electrons. The second-order valence-electron chi connectivity index (χ2n) is 16.4. The predicted octanol–water partition coefficient (Wildman–Crippen LogP) is 10.5. The third-order valence-corrected chi connectivity index (χ3v) is 14.7. The number of nitrogen functional groups attached to an aromatic ring is 2. The number of imidazole rings is 2. The third-order valence-electron chi connectivity index (χ3n) is 10.4. The average molecular weight is 1130 g/mol. The van der Waals surface area contributed by atoms with Crippen LogP contribution in [0.1, 0.15) is 78.1 Å². The van der Waals surface area contributed by atoms with Crippen LogP contribution in [0, 0.1) is 0 Å². The van der Waals surface area contributed by atoms with Crippen molar-refractivity contribution in [2.75, 3.05) is 44.9 Å². The summed E-state index contributed by atoms with van der Waals surface area (Å²) >= 11 is 22.6. The van der Waals surface area contributed by atoms with Gasteiger partial charge >= 0.3 is 5.97 Å². The quantitative estimate of drug-likeness (QED) is 0.0410. The number of nitrogens with one attached hydrogen (secondary N) is 2. The largest absolute Gasteiger partial charge is 0.464 e. The summed E-state index contributed by atoms with van der Waals surface area (Å²) in [7, 11) is 0.197. The molecule has 0 aliphatic rings. The highest BCUT2D eigenvalue weighted by atomic mass is 35.9. The first-order valence-corrected chi connectivity index (χ1v) is 27.8. The Labute approximate surface area is 441 Å². The molecule has 0 aliphatic heterocycles. The first kappa shape index (κ1) is 62.7. The van der Waals surface area contributed by atoms with Crippen molar-refractivity contribution in [3.63, 3.8) is 0 Å². The van der Waals surface area contributed by atoms with E-state index in [0.717, 1.165) is 10.6 Å². The molecule has 70 heavy (non-hydrogen) atoms. The van der Waals surface area contributed by atoms with Gasteiger partial charge < -0.3 is 40.1 Å². The van der Waals surface area contributed by atoms with Crippen LogP contribution in [0.5, 0.6) is 0 Å². The van der Waals surface area contributed by atoms with Crippen molar-refractivity contribution in [1.29, 1.82) is 0 Å². The molecule has 4 heterocycles. The molecule has 0 spiro atoms. The molecular weight excluding hydrogens is 1070 g/mol. The number of esters is 1. The second-order valence-corrected chi connectivity index (χ2v) is 25.0. The van der Waals surface area contributed by atoms with E-state index in [2.05, 4.69) is 47.2 Å². The highest BCUT2D eigenvalue weighted by molar-refractivity contribution is 8.08. The van der Waals surface area contributed by atoms with Crippen LogP contribution in [0.4, 0.5) is 11.6 Å². The Kier molecular flexibility index (Phi) is 25.8. The molecule has 0 fully saturated rings. The number of halogens is 6. The summed E-state index contributed by atoms with van der Waals surface area (Å²) in [6, 6.07) is 15.3. The number of hydrogen-bond acceptors (Lipinski definition) is 15. The minimum Gasteiger partial charge on any atom is -0.464 e. The van der Waals surface area contributed by atoms with E-state index in [1.165, 1.54) is 18.2 Å². The van der Waals surface area contributed by atoms with Crippen LogP contribution in [0.25, 0.3) is 22.3 Å². The summed E-state index contributed by atoms with van der Waals surface area (Å²) < 4.78 is 47.8. The van der Waals surface area contributed by atoms with E-state index < -0.39 is 24.8 Å². The molecule has 19 nitrogen and oxygen atoms in total. The number of carbonyl (C=O) groups excluding carboxylic acids is 1. The highest BCUT2D eigenvalue weighted by Crippen LogP contribution is 2.56. The Hall–Kier alpha value is -3.39. The van der Waals surface area contributed by atoms with Gasteiger partial charge in [-0.05, 0) is 120 Å². The molecule has 5 atom stereocenters. The lowest BCUT2D eigenvalue weighted by molar-refractivity contribution is -0.149. The molecule has 6 rings (SSSR count). The zero-order valence-electron chi connectivity index (χ0n) is 40.3. The number of nitrogens with two attached hydrogens (primary N) is 2. The summed E-state index contributed by atoms with van der Waals surface area (Å²) in [5.41, 5.74) is 14.8. The van der Waals surface area contributed by atoms with E-state index in [1.807, 2.05) is 68.8 Å². The van der Waals surface area contributed by atoms with Crippen LogP contribution in [-0.4, -0.2) is 101 Å². The molecule has 0 saturated heterocycles. The van der Waals surface area contributed by atoms with Crippen molar-refractivity contribution < 1.29 is 28.1 Å². The smallest absolute Gasteiger partial charge is 0.326 e. The van der Waals surface area contributed by atoms with Gasteiger partial charge in [-0.25, -0.2) is 39.7 Å². The number of ether oxygens (including phenoxy) is 3. The van der Waals surface area contributed by atoms with Crippen molar-refractivity contribution >= 4 is 124 Å². The van der Waals surface area contributed by atoms with E-state index in [9.17, 15) is 13.9 Å². The van der Waals surface area contributed by atoms with Gasteiger partial charge in [-0.2, -0.15) is 0 Å². The molecule has 4 aromatic heterocycles. The molecular formula is C43H63Cl6N13O6P2. The zero-order valence-corrected chi connectivity index (χ0v) is 46.8. The maximum Gasteiger partial charge on any atom is 0.326 e. The maximum absolute atomic E-state index is 14.6. The summed E-state index contributed by atoms with van der Waals surface area (Å²) in [6.07, 6.45) is 5.68. The van der Waals surface area contributed by atoms with E-state index in [0.29, 0.717) is 64.5 Å². The number of aromatic nitrogens is 8. The van der Waals surface area contributed by atoms with Crippen LogP contribution >= 0.6 is 83.8 Å². The summed E-state index contributed by atoms with van der Waals surface area (Å²) in [5.74, 6) is -3.08. The monoisotopic (exact) mass is 1130 g/mol. The molecule has 6 N–H and O–H groups in total. The molecule has 0 aliphatic carbocycles. The number of carbonyl (C=O) groups is 1. The van der Waals surface area contributed by atoms with E-state index in [-0.39, 0.29) is 62.4 Å². The van der Waals surface area contributed by atoms with Gasteiger partial charge in [0.1, 0.15) is 41.9 Å². The Morgan fingerprint density at radius 1 is 0.757 bits per heavy atom. The lowest BCUT2D eigenvalue weighted by atomic mass is 10.1. The van der Waals surface area contributed by atoms with Crippen molar-refractivity contribution in [2.45, 2.75) is 97.8 Å². The second kappa shape index (κ2) is 28.7. The Bertz CT molecular complexity index is 2650. The number of hydrogen-bond donors (Lipinski definition) is 4. The number of benzene rings is 2. The Morgan fingerprint density at radius 2 is 1.20 bits per heavy atom. The SMILES string of the molecule is CCCOC(=O)C(C)(C)NP(=O)(CO[C@H](C)Cn1cnc2c(N)ncnc21)N(C)[C@H](C)c1ccc(Cl)cc1.CN[C@H](C)c1ccc(Cl)cc1.C[C@H](Cn1cnc2c(N)ncnc21)OCP(=O)(Cl)Cl.Cl.Cl. The predicted molar refractivity (Wildman–Crippen MR) is 287 cm³/mol. The maximum atomic E-state index is 14.6. The minimum absolute atomic E-state index is 0. The fourth-order valence-corrected chi connectivity index (χ4v) is 9.92. The molecule has 0 amide bonds. The fourth-order valence-electron chi connectivity index (χ4n) is 6.38. The lowest BCUT2D eigenvalue weighted by Crippen LogP contribution is -2.49. The lowest BCUT2D eigenvalue weighted by Gasteiger charge is -2.38. The average Bonchev–Trinajstić information content (AvgIpc) is 3.91. The normalized spacial score (nSPS) is 14.1. The van der Waals surface area contributed by atoms with Crippen LogP contribution in [0.2, 0.25) is 10.0 Å². The topological polar surface area (TPSA) is 245 Å². The van der Waals surface area contributed by atoms with E-state index in [1.54, 1.807) is 61.8 Å². The van der Waals surface area contributed by atoms with E-state index >= 15 is 0 Å². The van der Waals surface area contributed by atoms with Gasteiger partial charge in [0, 0.05) is 22.1 Å². The number of anilines is 2. The molecule has 0 bridgehead atoms. The van der Waals surface area contributed by atoms with Crippen molar-refractivity contribution in [2.24, 2.45) is 0 Å². The summed E-state index contributed by atoms with van der Waals surface area (Å²) in [6.45, 7) is 14.1. The van der Waals surface area contributed by atoms with Gasteiger partial charge in [0.25, 0.3) is 5.85 Å². The minimum atomic E-state index is -3.49. The van der Waals surface area contributed by atoms with Gasteiger partial charge in [0.2, 0.25) is 7.44 Å². The van der Waals surface area contributed by atoms with Crippen LogP contribution in [0.15, 0.2) is 73.8 Å². The zero-order chi connectivity index (χ0) is 50.4. The summed E-state index contributed by atoms with van der Waals surface area (Å²) in [4.78, 5) is 37.4. The first-order valence-electron chi connectivity index (χ1n) is 21.5. The van der Waals surface area contributed by atoms with Crippen molar-refractivity contribution in [3.8, 4) is 0 Å². The van der Waals surface area contributed by atoms with Crippen molar-refractivity contribution in [3.05, 3.63) is 95.0 Å². The highest BCUT2D eigenvalue weighted by Gasteiger charge is 2.41. The molecule has 1 unspecified atom stereocenters. The van der Waals surface area contributed by atoms with Gasteiger partial charge in [-0.1, -0.05) is 54.4 Å². The van der Waals surface area contributed by atoms with Crippen LogP contribution in [-0.2, 0) is 41.2 Å². The Morgan fingerprint density at radius 3 is 1.63 bits per heavy atom. The van der Waals surface area contributed by atoms with Gasteiger partial charge in [0.05, 0.1) is 44.6 Å². The van der Waals surface area contributed by atoms with E-state index in [4.69, 9.17) is 71.4 Å². The summed E-state index contributed by atoms with van der Waals surface area (Å²) in [5, 5.41) is 7.65. The molecule has 2 aromatic carbocycles. The number of nitrogens with zero attached hydrogens (tertiary/aromatic N) is 9. The molecule has 27 heteroatoms. The number of rotatable bonds is 20. The third kappa shape index (κ3) is 18.6. The molecule has 0 saturated carbocycles. The van der Waals surface area contributed by atoms with Gasteiger partial charge in [0.15, 0.2) is 22.9 Å². The molecule has 0 radical (unpaired) electrons. The standard InChI is InChI=1S/C25H37ClN7O4P.C9H12Cl2N5O2P.C9H12ClN.2ClH/c1-7-12-36-24(34)25(4,5)31-38(35,32(6)18(3)19-8-10-20(26)11-9-19)16-37-17(2)13-33-15-30-21-22(27)28-14-29-23(21)33;1-6(18-5-19(10,11)17)2-16-4-15-7-8(12)13-3-14-9(7)16;1-7(11-2)8-3-5-9(10)6-4-8;;/h8-11,14-15,17-18H,7,12-13,16H2,1-6H3,(H,31,35)(H2,27,28,29);3-4,6H,2,5H2,1H3,(H2,12,13,14);3-7,11H,1-2H3;2*1H/t17-,18-,38?;6-;7-;;/m111../s1. The fraction of sp³-hybridized carbons (Fsp3) is 0.465. The van der Waals surface area contributed by atoms with Crippen LogP contribution < -0.4 is 21.9 Å². The van der Waals surface area contributed by atoms with Gasteiger partial charge in [-0.3, -0.25) is 13.9 Å². The first-order chi connectivity index (χ1) is 32.0. The Balaban J connectivity index is 0.000000433. The van der Waals surface area contributed by atoms with Gasteiger partial charge in [-0.15, -0.1) is 24.8 Å². The van der Waals surface area contributed by atoms with Crippen molar-refractivity contribution in [1.82, 2.24) is 54.1 Å². The molecule has 6 aromatic rings. The number of fused-ring (bicyclic) bond motifs is 2. The van der Waals surface area contributed by atoms with Crippen LogP contribution in [0.3, 0.4) is 0 Å².